The van der Waals surface area contributed by atoms with E-state index in [1.807, 2.05) is 29.0 Å². The Balaban J connectivity index is 1.42. The van der Waals surface area contributed by atoms with E-state index in [1.165, 1.54) is 12.1 Å². The lowest BCUT2D eigenvalue weighted by atomic mass is 9.71. The molecule has 3 aliphatic heterocycles. The summed E-state index contributed by atoms with van der Waals surface area (Å²) in [7, 11) is 0. The minimum absolute atomic E-state index is 0.0444. The van der Waals surface area contributed by atoms with Crippen LogP contribution in [-0.2, 0) is 21.4 Å². The monoisotopic (exact) mass is 650 g/mol. The summed E-state index contributed by atoms with van der Waals surface area (Å²) < 4.78 is 13.5. The van der Waals surface area contributed by atoms with Crippen molar-refractivity contribution < 1.29 is 23.9 Å². The Morgan fingerprint density at radius 1 is 1.00 bits per heavy atom. The molecule has 2 aromatic rings. The van der Waals surface area contributed by atoms with E-state index in [9.17, 15) is 23.9 Å². The maximum Gasteiger partial charge on any atom is 0.407 e. The van der Waals surface area contributed by atoms with Gasteiger partial charge in [0.1, 0.15) is 5.82 Å². The number of rotatable bonds is 6. The molecule has 0 saturated carbocycles. The van der Waals surface area contributed by atoms with E-state index in [0.29, 0.717) is 45.7 Å². The lowest BCUT2D eigenvalue weighted by Crippen LogP contribution is -2.72. The van der Waals surface area contributed by atoms with Gasteiger partial charge in [-0.1, -0.05) is 46.8 Å². The quantitative estimate of drug-likeness (QED) is 0.493. The number of carboxylic acid groups (broad SMARTS) is 1. The highest BCUT2D eigenvalue weighted by molar-refractivity contribution is 5.97. The van der Waals surface area contributed by atoms with Gasteiger partial charge >= 0.3 is 6.09 Å². The number of amides is 3. The molecule has 3 amide bonds. The molecule has 3 atom stereocenters. The Bertz CT molecular complexity index is 1510. The Kier molecular flexibility index (Phi) is 9.47. The van der Waals surface area contributed by atoms with Gasteiger partial charge in [0.25, 0.3) is 0 Å². The number of halogens is 1. The van der Waals surface area contributed by atoms with Crippen molar-refractivity contribution in [3.05, 3.63) is 59.2 Å². The van der Waals surface area contributed by atoms with Crippen molar-refractivity contribution in [3.8, 4) is 0 Å². The minimum atomic E-state index is -0.956. The molecule has 47 heavy (non-hydrogen) atoms. The Morgan fingerprint density at radius 2 is 1.68 bits per heavy atom. The van der Waals surface area contributed by atoms with Crippen LogP contribution in [0.3, 0.4) is 0 Å². The van der Waals surface area contributed by atoms with Crippen molar-refractivity contribution in [1.29, 1.82) is 0 Å². The fraction of sp³-hybridized carbons (Fsp3) is 0.611. The van der Waals surface area contributed by atoms with E-state index < -0.39 is 11.6 Å². The van der Waals surface area contributed by atoms with Crippen molar-refractivity contribution in [1.82, 2.24) is 24.6 Å². The molecular formula is C36H51FN6O4. The third-order valence-corrected chi connectivity index (χ3v) is 10.9. The second-order valence-corrected chi connectivity index (χ2v) is 15.7. The average Bonchev–Trinajstić information content (AvgIpc) is 3.25. The third kappa shape index (κ3) is 7.02. The maximum atomic E-state index is 14.4. The lowest BCUT2D eigenvalue weighted by molar-refractivity contribution is -0.133. The Hall–Kier alpha value is -3.57. The van der Waals surface area contributed by atoms with Gasteiger partial charge in [0.05, 0.1) is 23.5 Å². The molecule has 4 heterocycles. The van der Waals surface area contributed by atoms with Gasteiger partial charge in [0.15, 0.2) is 0 Å². The van der Waals surface area contributed by atoms with E-state index in [-0.39, 0.29) is 53.6 Å². The van der Waals surface area contributed by atoms with E-state index in [2.05, 4.69) is 51.3 Å². The second kappa shape index (κ2) is 12.8. The summed E-state index contributed by atoms with van der Waals surface area (Å²) in [5, 5.41) is 10.4. The number of hydrogen-bond donors (Lipinski definition) is 1. The molecule has 1 N–H and O–H groups in total. The number of anilines is 1. The van der Waals surface area contributed by atoms with Crippen LogP contribution in [0.25, 0.3) is 0 Å². The van der Waals surface area contributed by atoms with Crippen LogP contribution in [0.2, 0.25) is 0 Å². The molecule has 11 heteroatoms. The first-order valence-electron chi connectivity index (χ1n) is 16.7. The molecule has 1 unspecified atom stereocenters. The molecule has 1 aromatic heterocycles. The molecule has 2 saturated heterocycles. The van der Waals surface area contributed by atoms with E-state index in [4.69, 9.17) is 4.98 Å². The van der Waals surface area contributed by atoms with Crippen LogP contribution in [0.4, 0.5) is 14.9 Å². The maximum absolute atomic E-state index is 14.4. The third-order valence-electron chi connectivity index (χ3n) is 10.9. The second-order valence-electron chi connectivity index (χ2n) is 15.7. The van der Waals surface area contributed by atoms with Gasteiger partial charge in [-0.15, -0.1) is 0 Å². The summed E-state index contributed by atoms with van der Waals surface area (Å²) in [5.74, 6) is -0.266. The van der Waals surface area contributed by atoms with Gasteiger partial charge in [-0.2, -0.15) is 0 Å². The smallest absolute Gasteiger partial charge is 0.407 e. The summed E-state index contributed by atoms with van der Waals surface area (Å²) in [6.07, 6.45) is 1.46. The number of carbonyl (C=O) groups excluding carboxylic acids is 2. The van der Waals surface area contributed by atoms with Crippen LogP contribution in [0, 0.1) is 11.2 Å². The van der Waals surface area contributed by atoms with Crippen LogP contribution in [0.1, 0.15) is 72.2 Å². The largest absolute Gasteiger partial charge is 0.465 e. The summed E-state index contributed by atoms with van der Waals surface area (Å²) in [5.41, 5.74) is 2.11. The fourth-order valence-corrected chi connectivity index (χ4v) is 7.44. The van der Waals surface area contributed by atoms with Crippen LogP contribution in [0.5, 0.6) is 0 Å². The predicted molar refractivity (Wildman–Crippen MR) is 180 cm³/mol. The molecule has 5 rings (SSSR count). The van der Waals surface area contributed by atoms with Crippen molar-refractivity contribution in [3.63, 3.8) is 0 Å². The highest BCUT2D eigenvalue weighted by Gasteiger charge is 2.52. The van der Waals surface area contributed by atoms with Crippen molar-refractivity contribution in [2.24, 2.45) is 5.41 Å². The zero-order valence-electron chi connectivity index (χ0n) is 29.2. The Labute approximate surface area is 278 Å². The van der Waals surface area contributed by atoms with E-state index in [0.717, 1.165) is 22.5 Å². The fourth-order valence-electron chi connectivity index (χ4n) is 7.44. The molecular weight excluding hydrogens is 599 g/mol. The number of fused-ring (bicyclic) bond motifs is 1. The summed E-state index contributed by atoms with van der Waals surface area (Å²) in [6, 6.07) is 8.36. The topological polar surface area (TPSA) is 101 Å². The van der Waals surface area contributed by atoms with Crippen molar-refractivity contribution in [2.45, 2.75) is 84.8 Å². The highest BCUT2D eigenvalue weighted by Crippen LogP contribution is 2.42. The SMILES string of the molecule is CC(=O)N1CCN(C[C@H]2CN(C(=O)O)[C@](C)(C(C)(C)C)CN2CC(=O)N2CC(C)(C)c3ncc(Cc4ccc(F)cc4)cc32)C(C)C1. The molecule has 1 aromatic carbocycles. The first-order chi connectivity index (χ1) is 21.9. The van der Waals surface area contributed by atoms with Crippen molar-refractivity contribution >= 4 is 23.6 Å². The molecule has 10 nitrogen and oxygen atoms in total. The average molecular weight is 651 g/mol. The van der Waals surface area contributed by atoms with Gasteiger partial charge in [-0.3, -0.25) is 29.3 Å². The summed E-state index contributed by atoms with van der Waals surface area (Å²) in [4.78, 5) is 53.8. The van der Waals surface area contributed by atoms with Crippen LogP contribution in [-0.4, -0.2) is 118 Å². The zero-order chi connectivity index (χ0) is 34.5. The number of benzene rings is 1. The molecule has 256 valence electrons. The zero-order valence-corrected chi connectivity index (χ0v) is 29.2. The van der Waals surface area contributed by atoms with Gasteiger partial charge < -0.3 is 14.9 Å². The van der Waals surface area contributed by atoms with Gasteiger partial charge in [-0.25, -0.2) is 9.18 Å². The molecule has 0 bridgehead atoms. The lowest BCUT2D eigenvalue weighted by Gasteiger charge is -2.57. The van der Waals surface area contributed by atoms with Crippen LogP contribution < -0.4 is 4.90 Å². The standard InChI is InChI=1S/C36H51FN6O4/c1-24-18-40(25(2)44)14-13-39(24)19-29-20-43(33(46)47)36(8,34(3,4)5)23-41(29)21-31(45)42-22-35(6,7)32-30(42)16-27(17-38-32)15-26-9-11-28(37)12-10-26/h9-12,16-17,24,29H,13-15,18-23H2,1-8H3,(H,46,47)/t24?,29-,36-/m0/s1. The van der Waals surface area contributed by atoms with Gasteiger partial charge in [0.2, 0.25) is 11.8 Å². The normalized spacial score (nSPS) is 25.2. The molecule has 0 aliphatic carbocycles. The van der Waals surface area contributed by atoms with Gasteiger partial charge in [-0.05, 0) is 55.0 Å². The molecule has 0 radical (unpaired) electrons. The highest BCUT2D eigenvalue weighted by atomic mass is 19.1. The minimum Gasteiger partial charge on any atom is -0.465 e. The van der Waals surface area contributed by atoms with Crippen molar-refractivity contribution in [2.75, 3.05) is 57.3 Å². The van der Waals surface area contributed by atoms with Crippen LogP contribution >= 0.6 is 0 Å². The number of nitrogens with zero attached hydrogens (tertiary/aromatic N) is 6. The first kappa shape index (κ1) is 34.8. The molecule has 2 fully saturated rings. The number of hydrogen-bond acceptors (Lipinski definition) is 6. The van der Waals surface area contributed by atoms with E-state index >= 15 is 0 Å². The summed E-state index contributed by atoms with van der Waals surface area (Å²) in [6.45, 7) is 19.9. The number of aromatic nitrogens is 1. The van der Waals surface area contributed by atoms with Gasteiger partial charge in [0, 0.05) is 76.4 Å². The van der Waals surface area contributed by atoms with E-state index in [1.54, 1.807) is 24.0 Å². The molecule has 0 spiro atoms. The molecule has 3 aliphatic rings. The Morgan fingerprint density at radius 3 is 2.28 bits per heavy atom. The first-order valence-corrected chi connectivity index (χ1v) is 16.7. The number of pyridine rings is 1. The number of carbonyl (C=O) groups is 3. The summed E-state index contributed by atoms with van der Waals surface area (Å²) >= 11 is 0. The number of piperazine rings is 2. The van der Waals surface area contributed by atoms with Crippen LogP contribution in [0.15, 0.2) is 36.5 Å². The predicted octanol–water partition coefficient (Wildman–Crippen LogP) is 4.46.